The molecule has 0 saturated heterocycles. The summed E-state index contributed by atoms with van der Waals surface area (Å²) in [5.74, 6) is 0. The van der Waals surface area contributed by atoms with Gasteiger partial charge in [0.1, 0.15) is 0 Å². The third-order valence-electron chi connectivity index (χ3n) is 2.51. The Morgan fingerprint density at radius 2 is 2.00 bits per heavy atom. The normalized spacial score (nSPS) is 10.1. The van der Waals surface area contributed by atoms with E-state index in [2.05, 4.69) is 28.3 Å². The molecule has 0 spiro atoms. The van der Waals surface area contributed by atoms with Crippen molar-refractivity contribution < 1.29 is 0 Å². The van der Waals surface area contributed by atoms with Crippen LogP contribution in [-0.2, 0) is 6.54 Å². The molecule has 0 amide bonds. The zero-order chi connectivity index (χ0) is 11.4. The van der Waals surface area contributed by atoms with Gasteiger partial charge in [0.05, 0.1) is 5.69 Å². The van der Waals surface area contributed by atoms with E-state index in [4.69, 9.17) is 0 Å². The van der Waals surface area contributed by atoms with Crippen molar-refractivity contribution in [3.05, 3.63) is 53.6 Å². The second kappa shape index (κ2) is 4.75. The van der Waals surface area contributed by atoms with Crippen molar-refractivity contribution in [1.29, 1.82) is 0 Å². The number of rotatable bonds is 3. The van der Waals surface area contributed by atoms with Gasteiger partial charge in [-0.05, 0) is 42.7 Å². The van der Waals surface area contributed by atoms with Crippen LogP contribution in [0.25, 0.3) is 0 Å². The number of aryl methyl sites for hydroxylation is 2. The molecule has 1 N–H and O–H groups in total. The molecular weight excluding hydrogens is 198 g/mol. The maximum absolute atomic E-state index is 4.14. The number of nitrogens with zero attached hydrogens (tertiary/aromatic N) is 2. The van der Waals surface area contributed by atoms with Crippen molar-refractivity contribution in [3.63, 3.8) is 0 Å². The molecule has 0 aliphatic heterocycles. The minimum absolute atomic E-state index is 0.783. The number of hydrogen-bond donors (Lipinski definition) is 1. The summed E-state index contributed by atoms with van der Waals surface area (Å²) in [6.45, 7) is 4.91. The number of pyridine rings is 2. The minimum atomic E-state index is 0.783. The molecule has 2 rings (SSSR count). The van der Waals surface area contributed by atoms with Gasteiger partial charge in [-0.1, -0.05) is 0 Å². The van der Waals surface area contributed by atoms with E-state index in [1.807, 2.05) is 37.8 Å². The number of anilines is 1. The SMILES string of the molecule is Cc1cncc(NCc2cnccc2C)c1. The third-order valence-corrected chi connectivity index (χ3v) is 2.51. The monoisotopic (exact) mass is 213 g/mol. The highest BCUT2D eigenvalue weighted by atomic mass is 14.9. The molecule has 0 fully saturated rings. The molecule has 0 aromatic carbocycles. The van der Waals surface area contributed by atoms with E-state index >= 15 is 0 Å². The van der Waals surface area contributed by atoms with E-state index in [1.165, 1.54) is 11.1 Å². The fraction of sp³-hybridized carbons (Fsp3) is 0.231. The highest BCUT2D eigenvalue weighted by Gasteiger charge is 1.98. The van der Waals surface area contributed by atoms with Crippen molar-refractivity contribution >= 4 is 5.69 Å². The lowest BCUT2D eigenvalue weighted by Gasteiger charge is -2.08. The predicted molar refractivity (Wildman–Crippen MR) is 65.3 cm³/mol. The van der Waals surface area contributed by atoms with Gasteiger partial charge in [-0.2, -0.15) is 0 Å². The first-order valence-electron chi connectivity index (χ1n) is 5.31. The summed E-state index contributed by atoms with van der Waals surface area (Å²) in [5, 5.41) is 3.34. The van der Waals surface area contributed by atoms with Crippen LogP contribution in [0.15, 0.2) is 36.9 Å². The van der Waals surface area contributed by atoms with Gasteiger partial charge in [0, 0.05) is 31.3 Å². The van der Waals surface area contributed by atoms with Crippen molar-refractivity contribution in [2.75, 3.05) is 5.32 Å². The molecule has 82 valence electrons. The van der Waals surface area contributed by atoms with Gasteiger partial charge >= 0.3 is 0 Å². The summed E-state index contributed by atoms with van der Waals surface area (Å²) in [4.78, 5) is 8.26. The quantitative estimate of drug-likeness (QED) is 0.851. The first-order chi connectivity index (χ1) is 7.75. The first-order valence-corrected chi connectivity index (χ1v) is 5.31. The van der Waals surface area contributed by atoms with E-state index in [-0.39, 0.29) is 0 Å². The van der Waals surface area contributed by atoms with Crippen molar-refractivity contribution in [2.24, 2.45) is 0 Å². The Balaban J connectivity index is 2.05. The zero-order valence-electron chi connectivity index (χ0n) is 9.57. The summed E-state index contributed by atoms with van der Waals surface area (Å²) in [6.07, 6.45) is 7.39. The summed E-state index contributed by atoms with van der Waals surface area (Å²) in [5.41, 5.74) is 4.67. The van der Waals surface area contributed by atoms with Gasteiger partial charge in [0.15, 0.2) is 0 Å². The van der Waals surface area contributed by atoms with Gasteiger partial charge in [-0.3, -0.25) is 9.97 Å². The summed E-state index contributed by atoms with van der Waals surface area (Å²) in [7, 11) is 0. The Labute approximate surface area is 95.6 Å². The van der Waals surface area contributed by atoms with Crippen LogP contribution >= 0.6 is 0 Å². The molecule has 0 unspecified atom stereocenters. The van der Waals surface area contributed by atoms with E-state index in [1.54, 1.807) is 0 Å². The van der Waals surface area contributed by atoms with Gasteiger partial charge in [0.25, 0.3) is 0 Å². The minimum Gasteiger partial charge on any atom is -0.380 e. The average Bonchev–Trinajstić information content (AvgIpc) is 2.28. The van der Waals surface area contributed by atoms with Gasteiger partial charge in [-0.15, -0.1) is 0 Å². The van der Waals surface area contributed by atoms with Crippen LogP contribution in [0.5, 0.6) is 0 Å². The maximum atomic E-state index is 4.14. The fourth-order valence-corrected chi connectivity index (χ4v) is 1.53. The number of aromatic nitrogens is 2. The molecule has 0 aliphatic rings. The van der Waals surface area contributed by atoms with Crippen molar-refractivity contribution in [3.8, 4) is 0 Å². The second-order valence-electron chi connectivity index (χ2n) is 3.91. The van der Waals surface area contributed by atoms with Crippen molar-refractivity contribution in [2.45, 2.75) is 20.4 Å². The summed E-state index contributed by atoms with van der Waals surface area (Å²) < 4.78 is 0. The Morgan fingerprint density at radius 3 is 2.75 bits per heavy atom. The van der Waals surface area contributed by atoms with Crippen LogP contribution in [0.2, 0.25) is 0 Å². The van der Waals surface area contributed by atoms with Crippen LogP contribution in [0.4, 0.5) is 5.69 Å². The first kappa shape index (κ1) is 10.6. The van der Waals surface area contributed by atoms with Gasteiger partial charge in [-0.25, -0.2) is 0 Å². The molecule has 2 aromatic rings. The van der Waals surface area contributed by atoms with Crippen molar-refractivity contribution in [1.82, 2.24) is 9.97 Å². The second-order valence-corrected chi connectivity index (χ2v) is 3.91. The van der Waals surface area contributed by atoms with Crippen LogP contribution in [0.3, 0.4) is 0 Å². The van der Waals surface area contributed by atoms with Crippen LogP contribution in [-0.4, -0.2) is 9.97 Å². The standard InChI is InChI=1S/C13H15N3/c1-10-5-13(9-15-6-10)16-8-12-7-14-4-3-11(12)2/h3-7,9,16H,8H2,1-2H3. The third kappa shape index (κ3) is 2.57. The Hall–Kier alpha value is -1.90. The van der Waals surface area contributed by atoms with Crippen LogP contribution in [0, 0.1) is 13.8 Å². The molecule has 16 heavy (non-hydrogen) atoms. The van der Waals surface area contributed by atoms with E-state index in [0.29, 0.717) is 0 Å². The van der Waals surface area contributed by atoms with E-state index < -0.39 is 0 Å². The Bertz CT molecular complexity index is 480. The lowest BCUT2D eigenvalue weighted by atomic mass is 10.1. The lowest BCUT2D eigenvalue weighted by Crippen LogP contribution is -2.02. The lowest BCUT2D eigenvalue weighted by molar-refractivity contribution is 1.07. The fourth-order valence-electron chi connectivity index (χ4n) is 1.53. The molecule has 3 nitrogen and oxygen atoms in total. The van der Waals surface area contributed by atoms with Gasteiger partial charge < -0.3 is 5.32 Å². The van der Waals surface area contributed by atoms with Crippen LogP contribution in [0.1, 0.15) is 16.7 Å². The summed E-state index contributed by atoms with van der Waals surface area (Å²) in [6, 6.07) is 4.10. The topological polar surface area (TPSA) is 37.8 Å². The number of nitrogens with one attached hydrogen (secondary N) is 1. The molecule has 0 radical (unpaired) electrons. The average molecular weight is 213 g/mol. The molecule has 0 atom stereocenters. The zero-order valence-corrected chi connectivity index (χ0v) is 9.57. The molecule has 0 aliphatic carbocycles. The highest BCUT2D eigenvalue weighted by Crippen LogP contribution is 2.11. The highest BCUT2D eigenvalue weighted by molar-refractivity contribution is 5.43. The van der Waals surface area contributed by atoms with Crippen LogP contribution < -0.4 is 5.32 Å². The molecule has 0 bridgehead atoms. The molecule has 2 aromatic heterocycles. The van der Waals surface area contributed by atoms with E-state index in [0.717, 1.165) is 17.8 Å². The van der Waals surface area contributed by atoms with E-state index in [9.17, 15) is 0 Å². The largest absolute Gasteiger partial charge is 0.380 e. The maximum Gasteiger partial charge on any atom is 0.0532 e. The smallest absolute Gasteiger partial charge is 0.0532 e. The number of hydrogen-bond acceptors (Lipinski definition) is 3. The Morgan fingerprint density at radius 1 is 1.12 bits per heavy atom. The Kier molecular flexibility index (Phi) is 3.15. The summed E-state index contributed by atoms with van der Waals surface area (Å²) >= 11 is 0. The molecule has 2 heterocycles. The molecule has 3 heteroatoms. The van der Waals surface area contributed by atoms with Gasteiger partial charge in [0.2, 0.25) is 0 Å². The predicted octanol–water partition coefficient (Wildman–Crippen LogP) is 2.71. The molecule has 0 saturated carbocycles. The molecular formula is C13H15N3.